The molecule has 100 valence electrons. The average molecular weight is 255 g/mol. The number of amides is 1. The maximum absolute atomic E-state index is 13.6. The van der Waals surface area contributed by atoms with Crippen LogP contribution >= 0.6 is 0 Å². The van der Waals surface area contributed by atoms with Crippen molar-refractivity contribution in [2.75, 3.05) is 13.7 Å². The highest BCUT2D eigenvalue weighted by atomic mass is 19.1. The highest BCUT2D eigenvalue weighted by Crippen LogP contribution is 2.20. The Kier molecular flexibility index (Phi) is 5.58. The topological polar surface area (TPSA) is 58.6 Å². The largest absolute Gasteiger partial charge is 0.496 e. The van der Waals surface area contributed by atoms with Gasteiger partial charge in [0.1, 0.15) is 17.1 Å². The summed E-state index contributed by atoms with van der Waals surface area (Å²) in [4.78, 5) is 11.8. The van der Waals surface area contributed by atoms with Gasteiger partial charge in [-0.15, -0.1) is 0 Å². The number of halogens is 1. The van der Waals surface area contributed by atoms with E-state index in [9.17, 15) is 14.3 Å². The zero-order valence-corrected chi connectivity index (χ0v) is 10.6. The molecule has 18 heavy (non-hydrogen) atoms. The van der Waals surface area contributed by atoms with Gasteiger partial charge in [0, 0.05) is 6.54 Å². The fraction of sp³-hybridized carbons (Fsp3) is 0.462. The molecule has 0 saturated carbocycles. The van der Waals surface area contributed by atoms with Crippen LogP contribution < -0.4 is 10.1 Å². The average Bonchev–Trinajstić information content (AvgIpc) is 2.36. The standard InChI is InChI=1S/C13H18FNO3/c1-3-5-9(16)8-15-13(17)12-10(14)6-4-7-11(12)18-2/h4,6-7,9,16H,3,5,8H2,1-2H3,(H,15,17). The van der Waals surface area contributed by atoms with E-state index in [1.54, 1.807) is 0 Å². The highest BCUT2D eigenvalue weighted by molar-refractivity contribution is 5.97. The third kappa shape index (κ3) is 3.70. The Hall–Kier alpha value is -1.62. The van der Waals surface area contributed by atoms with Crippen LogP contribution in [0.25, 0.3) is 0 Å². The van der Waals surface area contributed by atoms with Crippen molar-refractivity contribution in [2.45, 2.75) is 25.9 Å². The normalized spacial score (nSPS) is 12.0. The molecule has 1 aromatic rings. The number of hydrogen-bond donors (Lipinski definition) is 2. The summed E-state index contributed by atoms with van der Waals surface area (Å²) >= 11 is 0. The highest BCUT2D eigenvalue weighted by Gasteiger charge is 2.17. The second-order valence-corrected chi connectivity index (χ2v) is 3.97. The van der Waals surface area contributed by atoms with Gasteiger partial charge < -0.3 is 15.2 Å². The van der Waals surface area contributed by atoms with Crippen molar-refractivity contribution in [3.63, 3.8) is 0 Å². The molecule has 1 atom stereocenters. The number of carbonyl (C=O) groups excluding carboxylic acids is 1. The van der Waals surface area contributed by atoms with E-state index in [4.69, 9.17) is 4.74 Å². The first-order valence-corrected chi connectivity index (χ1v) is 5.88. The Labute approximate surface area is 106 Å². The number of methoxy groups -OCH3 is 1. The van der Waals surface area contributed by atoms with Crippen LogP contribution in [-0.4, -0.2) is 30.8 Å². The molecular weight excluding hydrogens is 237 g/mol. The van der Waals surface area contributed by atoms with E-state index in [1.807, 2.05) is 6.92 Å². The first kappa shape index (κ1) is 14.4. The van der Waals surface area contributed by atoms with E-state index in [0.29, 0.717) is 6.42 Å². The maximum Gasteiger partial charge on any atom is 0.258 e. The predicted molar refractivity (Wildman–Crippen MR) is 66.2 cm³/mol. The minimum Gasteiger partial charge on any atom is -0.496 e. The number of nitrogens with one attached hydrogen (secondary N) is 1. The fourth-order valence-electron chi connectivity index (χ4n) is 1.63. The molecule has 0 aromatic heterocycles. The van der Waals surface area contributed by atoms with Crippen LogP contribution in [0.5, 0.6) is 5.75 Å². The van der Waals surface area contributed by atoms with E-state index in [-0.39, 0.29) is 17.9 Å². The van der Waals surface area contributed by atoms with E-state index >= 15 is 0 Å². The number of hydrogen-bond acceptors (Lipinski definition) is 3. The van der Waals surface area contributed by atoms with Gasteiger partial charge in [-0.05, 0) is 18.6 Å². The molecule has 0 bridgehead atoms. The van der Waals surface area contributed by atoms with Gasteiger partial charge in [-0.1, -0.05) is 19.4 Å². The summed E-state index contributed by atoms with van der Waals surface area (Å²) in [5, 5.41) is 12.0. The quantitative estimate of drug-likeness (QED) is 0.813. The van der Waals surface area contributed by atoms with Gasteiger partial charge in [0.15, 0.2) is 0 Å². The second kappa shape index (κ2) is 6.96. The van der Waals surface area contributed by atoms with Crippen LogP contribution in [0.1, 0.15) is 30.1 Å². The molecule has 2 N–H and O–H groups in total. The number of rotatable bonds is 6. The van der Waals surface area contributed by atoms with Crippen molar-refractivity contribution in [1.82, 2.24) is 5.32 Å². The van der Waals surface area contributed by atoms with Crippen LogP contribution in [0, 0.1) is 5.82 Å². The maximum atomic E-state index is 13.6. The Bertz CT molecular complexity index is 409. The lowest BCUT2D eigenvalue weighted by Gasteiger charge is -2.13. The molecule has 0 aliphatic carbocycles. The molecule has 0 aliphatic heterocycles. The molecule has 1 rings (SSSR count). The Balaban J connectivity index is 2.72. The minimum atomic E-state index is -0.642. The fourth-order valence-corrected chi connectivity index (χ4v) is 1.63. The summed E-state index contributed by atoms with van der Waals surface area (Å²) in [7, 11) is 1.37. The SMILES string of the molecule is CCCC(O)CNC(=O)c1c(F)cccc1OC. The van der Waals surface area contributed by atoms with E-state index in [1.165, 1.54) is 25.3 Å². The van der Waals surface area contributed by atoms with Gasteiger partial charge >= 0.3 is 0 Å². The number of aliphatic hydroxyl groups excluding tert-OH is 1. The van der Waals surface area contributed by atoms with Gasteiger partial charge in [-0.3, -0.25) is 4.79 Å². The van der Waals surface area contributed by atoms with Crippen LogP contribution in [0.4, 0.5) is 4.39 Å². The molecule has 0 heterocycles. The van der Waals surface area contributed by atoms with Crippen molar-refractivity contribution in [3.05, 3.63) is 29.6 Å². The summed E-state index contributed by atoms with van der Waals surface area (Å²) < 4.78 is 18.5. The third-order valence-electron chi connectivity index (χ3n) is 2.54. The number of carbonyl (C=O) groups is 1. The molecule has 5 heteroatoms. The molecule has 1 amide bonds. The van der Waals surface area contributed by atoms with Gasteiger partial charge in [-0.25, -0.2) is 4.39 Å². The molecule has 1 unspecified atom stereocenters. The lowest BCUT2D eigenvalue weighted by molar-refractivity contribution is 0.0903. The molecule has 4 nitrogen and oxygen atoms in total. The number of ether oxygens (including phenoxy) is 1. The van der Waals surface area contributed by atoms with Crippen LogP contribution in [0.3, 0.4) is 0 Å². The summed E-state index contributed by atoms with van der Waals surface area (Å²) in [6, 6.07) is 4.18. The molecular formula is C13H18FNO3. The monoisotopic (exact) mass is 255 g/mol. The van der Waals surface area contributed by atoms with Crippen molar-refractivity contribution < 1.29 is 19.0 Å². The predicted octanol–water partition coefficient (Wildman–Crippen LogP) is 1.73. The van der Waals surface area contributed by atoms with Gasteiger partial charge in [0.25, 0.3) is 5.91 Å². The first-order chi connectivity index (χ1) is 8.60. The zero-order chi connectivity index (χ0) is 13.5. The van der Waals surface area contributed by atoms with E-state index in [0.717, 1.165) is 6.42 Å². The van der Waals surface area contributed by atoms with Crippen molar-refractivity contribution in [3.8, 4) is 5.75 Å². The Morgan fingerprint density at radius 3 is 2.89 bits per heavy atom. The van der Waals surface area contributed by atoms with Crippen molar-refractivity contribution in [2.24, 2.45) is 0 Å². The summed E-state index contributed by atoms with van der Waals surface area (Å²) in [5.74, 6) is -1.05. The smallest absolute Gasteiger partial charge is 0.258 e. The summed E-state index contributed by atoms with van der Waals surface area (Å²) in [6.45, 7) is 2.04. The van der Waals surface area contributed by atoms with Crippen molar-refractivity contribution in [1.29, 1.82) is 0 Å². The number of benzene rings is 1. The lowest BCUT2D eigenvalue weighted by Crippen LogP contribution is -2.32. The Morgan fingerprint density at radius 2 is 2.28 bits per heavy atom. The van der Waals surface area contributed by atoms with E-state index < -0.39 is 17.8 Å². The molecule has 0 aliphatic rings. The number of aliphatic hydroxyl groups is 1. The minimum absolute atomic E-state index is 0.101. The Morgan fingerprint density at radius 1 is 1.56 bits per heavy atom. The summed E-state index contributed by atoms with van der Waals surface area (Å²) in [5.41, 5.74) is -0.135. The molecule has 0 radical (unpaired) electrons. The van der Waals surface area contributed by atoms with Crippen LogP contribution in [0.15, 0.2) is 18.2 Å². The van der Waals surface area contributed by atoms with Crippen LogP contribution in [-0.2, 0) is 0 Å². The van der Waals surface area contributed by atoms with Crippen LogP contribution in [0.2, 0.25) is 0 Å². The molecule has 0 fully saturated rings. The molecule has 0 spiro atoms. The van der Waals surface area contributed by atoms with E-state index in [2.05, 4.69) is 5.32 Å². The summed E-state index contributed by atoms with van der Waals surface area (Å²) in [6.07, 6.45) is 0.797. The van der Waals surface area contributed by atoms with Gasteiger partial charge in [0.2, 0.25) is 0 Å². The molecule has 0 saturated heterocycles. The van der Waals surface area contributed by atoms with Gasteiger partial charge in [-0.2, -0.15) is 0 Å². The van der Waals surface area contributed by atoms with Crippen molar-refractivity contribution >= 4 is 5.91 Å². The zero-order valence-electron chi connectivity index (χ0n) is 10.6. The second-order valence-electron chi connectivity index (χ2n) is 3.97. The first-order valence-electron chi connectivity index (χ1n) is 5.88. The third-order valence-corrected chi connectivity index (χ3v) is 2.54. The molecule has 1 aromatic carbocycles. The lowest BCUT2D eigenvalue weighted by atomic mass is 10.1. The van der Waals surface area contributed by atoms with Gasteiger partial charge in [0.05, 0.1) is 13.2 Å².